The van der Waals surface area contributed by atoms with Crippen molar-refractivity contribution in [3.8, 4) is 11.3 Å². The molecule has 0 aromatic carbocycles. The highest BCUT2D eigenvalue weighted by atomic mass is 16.5. The molecule has 8 heteroatoms. The summed E-state index contributed by atoms with van der Waals surface area (Å²) in [6.45, 7) is 3.76. The second kappa shape index (κ2) is 8.06. The van der Waals surface area contributed by atoms with E-state index in [0.29, 0.717) is 24.7 Å². The number of anilines is 2. The number of carbonyl (C=O) groups is 2. The molecule has 1 fully saturated rings. The maximum absolute atomic E-state index is 12.4. The van der Waals surface area contributed by atoms with Gasteiger partial charge in [-0.1, -0.05) is 0 Å². The molecule has 0 saturated heterocycles. The summed E-state index contributed by atoms with van der Waals surface area (Å²) >= 11 is 0. The molecule has 30 heavy (non-hydrogen) atoms. The molecule has 1 aliphatic rings. The molecule has 3 N–H and O–H groups in total. The minimum absolute atomic E-state index is 0.109. The summed E-state index contributed by atoms with van der Waals surface area (Å²) in [5.74, 6) is 0.944. The lowest BCUT2D eigenvalue weighted by Crippen LogP contribution is -2.14. The van der Waals surface area contributed by atoms with E-state index in [2.05, 4.69) is 20.3 Å². The van der Waals surface area contributed by atoms with E-state index in [1.807, 2.05) is 19.1 Å². The molecule has 154 valence electrons. The van der Waals surface area contributed by atoms with Crippen LogP contribution in [0.5, 0.6) is 0 Å². The van der Waals surface area contributed by atoms with Gasteiger partial charge in [-0.2, -0.15) is 0 Å². The fraction of sp³-hybridized carbons (Fsp3) is 0.318. The number of carbonyl (C=O) groups excluding carboxylic acids is 2. The number of aromatic nitrogens is 3. The van der Waals surface area contributed by atoms with Crippen LogP contribution in [0.2, 0.25) is 0 Å². The molecule has 1 saturated carbocycles. The fourth-order valence-corrected chi connectivity index (χ4v) is 3.53. The number of hydrogen-bond donors (Lipinski definition) is 2. The number of aryl methyl sites for hydroxylation is 1. The van der Waals surface area contributed by atoms with Crippen LogP contribution in [0, 0.1) is 18.8 Å². The first-order valence-electron chi connectivity index (χ1n) is 9.81. The number of ether oxygens (including phenoxy) is 1. The second-order valence-electron chi connectivity index (χ2n) is 7.68. The number of nitrogen functional groups attached to an aromatic ring is 1. The first-order chi connectivity index (χ1) is 14.4. The third-order valence-electron chi connectivity index (χ3n) is 5.34. The Labute approximate surface area is 173 Å². The highest BCUT2D eigenvalue weighted by Gasteiger charge is 2.39. The Kier molecular flexibility index (Phi) is 5.31. The van der Waals surface area contributed by atoms with Gasteiger partial charge in [0.05, 0.1) is 12.3 Å². The van der Waals surface area contributed by atoms with Crippen molar-refractivity contribution in [1.82, 2.24) is 15.0 Å². The van der Waals surface area contributed by atoms with Crippen molar-refractivity contribution in [2.45, 2.75) is 26.7 Å². The van der Waals surface area contributed by atoms with Gasteiger partial charge in [0, 0.05) is 42.9 Å². The number of rotatable bonds is 6. The minimum atomic E-state index is -0.292. The molecule has 0 spiro atoms. The van der Waals surface area contributed by atoms with Gasteiger partial charge < -0.3 is 15.8 Å². The van der Waals surface area contributed by atoms with Crippen LogP contribution >= 0.6 is 0 Å². The van der Waals surface area contributed by atoms with Crippen LogP contribution in [0.25, 0.3) is 22.0 Å². The van der Waals surface area contributed by atoms with Gasteiger partial charge in [-0.15, -0.1) is 0 Å². The first-order valence-corrected chi connectivity index (χ1v) is 9.81. The maximum atomic E-state index is 12.4. The quantitative estimate of drug-likeness (QED) is 0.605. The van der Waals surface area contributed by atoms with E-state index in [0.717, 1.165) is 34.0 Å². The van der Waals surface area contributed by atoms with Gasteiger partial charge in [-0.25, -0.2) is 9.97 Å². The summed E-state index contributed by atoms with van der Waals surface area (Å²) in [7, 11) is 0. The SMILES string of the molecule is CC(=O)OCC1CC1CC(=O)Nc1cc2cc(-c3cnccc3C)nc(N)c2cn1. The molecule has 3 aromatic rings. The van der Waals surface area contributed by atoms with E-state index in [1.54, 1.807) is 24.7 Å². The Bertz CT molecular complexity index is 1130. The van der Waals surface area contributed by atoms with E-state index in [-0.39, 0.29) is 23.7 Å². The van der Waals surface area contributed by atoms with E-state index in [1.165, 1.54) is 6.92 Å². The van der Waals surface area contributed by atoms with Crippen LogP contribution in [-0.2, 0) is 14.3 Å². The fourth-order valence-electron chi connectivity index (χ4n) is 3.53. The van der Waals surface area contributed by atoms with Crippen LogP contribution < -0.4 is 11.1 Å². The molecule has 8 nitrogen and oxygen atoms in total. The van der Waals surface area contributed by atoms with Gasteiger partial charge in [-0.05, 0) is 54.3 Å². The molecule has 1 amide bonds. The lowest BCUT2D eigenvalue weighted by molar-refractivity contribution is -0.141. The Balaban J connectivity index is 1.48. The van der Waals surface area contributed by atoms with Gasteiger partial charge >= 0.3 is 5.97 Å². The number of pyridine rings is 3. The molecule has 1 aliphatic carbocycles. The lowest BCUT2D eigenvalue weighted by Gasteiger charge is -2.10. The van der Waals surface area contributed by atoms with Crippen molar-refractivity contribution in [3.63, 3.8) is 0 Å². The molecule has 4 rings (SSSR count). The van der Waals surface area contributed by atoms with Crippen molar-refractivity contribution in [2.24, 2.45) is 11.8 Å². The lowest BCUT2D eigenvalue weighted by atomic mass is 10.1. The standard InChI is InChI=1S/C22H23N5O3/c1-12-3-4-24-9-17(12)19-6-15-7-20(25-10-18(15)22(23)26-19)27-21(29)8-14-5-16(14)11-30-13(2)28/h3-4,6-7,9-10,14,16H,5,8,11H2,1-2H3,(H2,23,26)(H,25,27,29). The van der Waals surface area contributed by atoms with Crippen LogP contribution in [0.3, 0.4) is 0 Å². The van der Waals surface area contributed by atoms with Crippen LogP contribution in [-0.4, -0.2) is 33.4 Å². The third kappa shape index (κ3) is 4.37. The van der Waals surface area contributed by atoms with E-state index in [4.69, 9.17) is 10.5 Å². The van der Waals surface area contributed by atoms with Crippen LogP contribution in [0.15, 0.2) is 36.8 Å². The van der Waals surface area contributed by atoms with E-state index < -0.39 is 0 Å². The number of nitrogens with two attached hydrogens (primary N) is 1. The van der Waals surface area contributed by atoms with Gasteiger partial charge in [0.2, 0.25) is 5.91 Å². The average molecular weight is 405 g/mol. The van der Waals surface area contributed by atoms with Crippen molar-refractivity contribution >= 4 is 34.3 Å². The highest BCUT2D eigenvalue weighted by Crippen LogP contribution is 2.41. The smallest absolute Gasteiger partial charge is 0.302 e. The number of nitrogens with zero attached hydrogens (tertiary/aromatic N) is 3. The van der Waals surface area contributed by atoms with E-state index >= 15 is 0 Å². The number of nitrogens with one attached hydrogen (secondary N) is 1. The number of amides is 1. The summed E-state index contributed by atoms with van der Waals surface area (Å²) in [6, 6.07) is 5.63. The average Bonchev–Trinajstić information content (AvgIpc) is 3.44. The predicted octanol–water partition coefficient (Wildman–Crippen LogP) is 3.11. The van der Waals surface area contributed by atoms with Crippen LogP contribution in [0.4, 0.5) is 11.6 Å². The molecular weight excluding hydrogens is 382 g/mol. The van der Waals surface area contributed by atoms with Gasteiger partial charge in [-0.3, -0.25) is 14.6 Å². The van der Waals surface area contributed by atoms with Crippen molar-refractivity contribution in [1.29, 1.82) is 0 Å². The molecule has 0 aliphatic heterocycles. The molecule has 3 aromatic heterocycles. The summed E-state index contributed by atoms with van der Waals surface area (Å²) in [6.07, 6.45) is 6.38. The zero-order chi connectivity index (χ0) is 21.3. The normalized spacial score (nSPS) is 17.5. The minimum Gasteiger partial charge on any atom is -0.466 e. The summed E-state index contributed by atoms with van der Waals surface area (Å²) < 4.78 is 5.01. The second-order valence-corrected chi connectivity index (χ2v) is 7.68. The summed E-state index contributed by atoms with van der Waals surface area (Å²) in [5, 5.41) is 4.41. The summed E-state index contributed by atoms with van der Waals surface area (Å²) in [5.41, 5.74) is 8.81. The Hall–Kier alpha value is -3.55. The zero-order valence-corrected chi connectivity index (χ0v) is 16.9. The first kappa shape index (κ1) is 19.8. The van der Waals surface area contributed by atoms with Gasteiger partial charge in [0.25, 0.3) is 0 Å². The predicted molar refractivity (Wildman–Crippen MR) is 113 cm³/mol. The number of esters is 1. The Morgan fingerprint density at radius 1 is 1.27 bits per heavy atom. The largest absolute Gasteiger partial charge is 0.466 e. The molecule has 3 heterocycles. The molecule has 2 unspecified atom stereocenters. The van der Waals surface area contributed by atoms with Crippen molar-refractivity contribution in [2.75, 3.05) is 17.7 Å². The van der Waals surface area contributed by atoms with Crippen molar-refractivity contribution < 1.29 is 14.3 Å². The Morgan fingerprint density at radius 3 is 2.87 bits per heavy atom. The molecule has 0 radical (unpaired) electrons. The van der Waals surface area contributed by atoms with Crippen LogP contribution in [0.1, 0.15) is 25.3 Å². The number of hydrogen-bond acceptors (Lipinski definition) is 7. The Morgan fingerprint density at radius 2 is 2.10 bits per heavy atom. The highest BCUT2D eigenvalue weighted by molar-refractivity contribution is 5.97. The maximum Gasteiger partial charge on any atom is 0.302 e. The van der Waals surface area contributed by atoms with Crippen molar-refractivity contribution in [3.05, 3.63) is 42.4 Å². The summed E-state index contributed by atoms with van der Waals surface area (Å²) in [4.78, 5) is 36.2. The van der Waals surface area contributed by atoms with E-state index in [9.17, 15) is 9.59 Å². The monoisotopic (exact) mass is 405 g/mol. The van der Waals surface area contributed by atoms with Gasteiger partial charge in [0.1, 0.15) is 11.6 Å². The third-order valence-corrected chi connectivity index (χ3v) is 5.34. The molecule has 0 bridgehead atoms. The zero-order valence-electron chi connectivity index (χ0n) is 16.9. The topological polar surface area (TPSA) is 120 Å². The molecular formula is C22H23N5O3. The molecule has 2 atom stereocenters. The van der Waals surface area contributed by atoms with Gasteiger partial charge in [0.15, 0.2) is 0 Å². The number of fused-ring (bicyclic) bond motifs is 1.